The lowest BCUT2D eigenvalue weighted by Gasteiger charge is -2.09. The average Bonchev–Trinajstić information content (AvgIpc) is 3.86. The molecule has 1 amide bonds. The fourth-order valence-corrected chi connectivity index (χ4v) is 4.66. The maximum Gasteiger partial charge on any atom is 0.335 e. The van der Waals surface area contributed by atoms with Gasteiger partial charge in [-0.1, -0.05) is 47.9 Å². The summed E-state index contributed by atoms with van der Waals surface area (Å²) < 4.78 is 37.2. The molecule has 49 heavy (non-hydrogen) atoms. The van der Waals surface area contributed by atoms with Crippen molar-refractivity contribution in [1.29, 1.82) is 0 Å². The minimum absolute atomic E-state index is 0.101. The third-order valence-electron chi connectivity index (χ3n) is 7.64. The lowest BCUT2D eigenvalue weighted by Crippen LogP contribution is -2.29. The van der Waals surface area contributed by atoms with Gasteiger partial charge in [0.1, 0.15) is 11.6 Å². The number of nitrogens with two attached hydrogens (primary N) is 1. The first-order chi connectivity index (χ1) is 23.8. The average molecular weight is 665 g/mol. The molecular formula is C40H38F2N2O5. The van der Waals surface area contributed by atoms with Gasteiger partial charge in [0, 0.05) is 42.4 Å². The molecule has 9 heteroatoms. The Bertz CT molecular complexity index is 1790. The molecule has 4 N–H and O–H groups in total. The molecule has 252 valence electrons. The Hall–Kier alpha value is -5.32. The maximum absolute atomic E-state index is 13.5. The van der Waals surface area contributed by atoms with E-state index in [1.54, 1.807) is 72.8 Å². The van der Waals surface area contributed by atoms with Crippen LogP contribution in [0.25, 0.3) is 0 Å². The second-order valence-electron chi connectivity index (χ2n) is 11.3. The van der Waals surface area contributed by atoms with Crippen LogP contribution in [-0.2, 0) is 9.47 Å². The molecule has 0 spiro atoms. The quantitative estimate of drug-likeness (QED) is 0.230. The minimum Gasteiger partial charge on any atom is -0.478 e. The van der Waals surface area contributed by atoms with Crippen LogP contribution >= 0.6 is 0 Å². The lowest BCUT2D eigenvalue weighted by atomic mass is 10.1. The number of carbonyl (C=O) groups is 2. The molecule has 2 heterocycles. The fraction of sp³-hybridized carbons (Fsp3) is 0.250. The highest BCUT2D eigenvalue weighted by Crippen LogP contribution is 2.12. The molecule has 2 atom stereocenters. The molecule has 2 saturated heterocycles. The number of benzene rings is 4. The third kappa shape index (κ3) is 12.3. The van der Waals surface area contributed by atoms with E-state index in [0.717, 1.165) is 44.8 Å². The Morgan fingerprint density at radius 1 is 0.694 bits per heavy atom. The van der Waals surface area contributed by atoms with Gasteiger partial charge >= 0.3 is 5.97 Å². The minimum atomic E-state index is -0.983. The van der Waals surface area contributed by atoms with E-state index in [2.05, 4.69) is 29.0 Å². The molecule has 2 aliphatic heterocycles. The Balaban J connectivity index is 0.000000189. The van der Waals surface area contributed by atoms with Gasteiger partial charge in [0.25, 0.3) is 5.91 Å². The molecule has 0 bridgehead atoms. The number of halogens is 2. The molecule has 0 radical (unpaired) electrons. The van der Waals surface area contributed by atoms with Crippen LogP contribution in [0.4, 0.5) is 8.78 Å². The zero-order valence-corrected chi connectivity index (χ0v) is 27.0. The zero-order chi connectivity index (χ0) is 34.8. The highest BCUT2D eigenvalue weighted by atomic mass is 19.1. The van der Waals surface area contributed by atoms with E-state index in [0.29, 0.717) is 47.2 Å². The highest BCUT2D eigenvalue weighted by Gasteiger charge is 2.16. The van der Waals surface area contributed by atoms with Crippen molar-refractivity contribution < 1.29 is 33.0 Å². The molecule has 0 aliphatic carbocycles. The molecule has 0 unspecified atom stereocenters. The first-order valence-corrected chi connectivity index (χ1v) is 15.9. The number of hydrogen-bond donors (Lipinski definition) is 3. The molecule has 2 fully saturated rings. The second kappa shape index (κ2) is 19.5. The molecule has 4 aromatic rings. The summed E-state index contributed by atoms with van der Waals surface area (Å²) in [5, 5.41) is 11.7. The Morgan fingerprint density at radius 3 is 1.57 bits per heavy atom. The predicted octanol–water partition coefficient (Wildman–Crippen LogP) is 5.90. The molecule has 0 aromatic heterocycles. The van der Waals surface area contributed by atoms with Crippen molar-refractivity contribution in [1.82, 2.24) is 5.32 Å². The van der Waals surface area contributed by atoms with E-state index in [1.807, 2.05) is 0 Å². The Morgan fingerprint density at radius 2 is 1.16 bits per heavy atom. The largest absolute Gasteiger partial charge is 0.478 e. The third-order valence-corrected chi connectivity index (χ3v) is 7.64. The first kappa shape index (κ1) is 36.5. The number of nitrogens with one attached hydrogen (secondary N) is 1. The zero-order valence-electron chi connectivity index (χ0n) is 27.0. The van der Waals surface area contributed by atoms with Crippen molar-refractivity contribution in [2.75, 3.05) is 39.5 Å². The van der Waals surface area contributed by atoms with E-state index >= 15 is 0 Å². The summed E-state index contributed by atoms with van der Waals surface area (Å²) in [4.78, 5) is 22.7. The van der Waals surface area contributed by atoms with Crippen molar-refractivity contribution in [3.8, 4) is 23.7 Å². The maximum atomic E-state index is 13.5. The van der Waals surface area contributed by atoms with E-state index < -0.39 is 5.97 Å². The fourth-order valence-electron chi connectivity index (χ4n) is 4.66. The van der Waals surface area contributed by atoms with Crippen LogP contribution in [0.2, 0.25) is 0 Å². The van der Waals surface area contributed by atoms with E-state index in [9.17, 15) is 18.4 Å². The Labute approximate surface area is 285 Å². The normalized spacial score (nSPS) is 15.9. The molecule has 4 aromatic carbocycles. The monoisotopic (exact) mass is 664 g/mol. The van der Waals surface area contributed by atoms with Crippen molar-refractivity contribution in [3.05, 3.63) is 142 Å². The van der Waals surface area contributed by atoms with Gasteiger partial charge in [0.2, 0.25) is 0 Å². The summed E-state index contributed by atoms with van der Waals surface area (Å²) in [5.41, 5.74) is 8.20. The number of carboxylic acids is 1. The van der Waals surface area contributed by atoms with Crippen LogP contribution in [-0.4, -0.2) is 56.5 Å². The van der Waals surface area contributed by atoms with Crippen LogP contribution in [0.15, 0.2) is 97.1 Å². The van der Waals surface area contributed by atoms with Crippen molar-refractivity contribution in [2.45, 2.75) is 12.8 Å². The molecular weight excluding hydrogens is 626 g/mol. The number of hydrogen-bond acceptors (Lipinski definition) is 5. The topological polar surface area (TPSA) is 111 Å². The van der Waals surface area contributed by atoms with Crippen molar-refractivity contribution in [3.63, 3.8) is 0 Å². The molecule has 6 rings (SSSR count). The predicted molar refractivity (Wildman–Crippen MR) is 184 cm³/mol. The number of ether oxygens (including phenoxy) is 2. The van der Waals surface area contributed by atoms with Crippen LogP contribution in [0.5, 0.6) is 0 Å². The van der Waals surface area contributed by atoms with Crippen molar-refractivity contribution in [2.24, 2.45) is 17.6 Å². The summed E-state index contributed by atoms with van der Waals surface area (Å²) in [6, 6.07) is 25.7. The SMILES string of the molecule is NC[C@@H]1CCOC1.O=C(NC[C@@H]1CCOC1)c1ccc(C#Cc2ccccc2F)cc1.O=C(O)c1ccc(C#Cc2ccccc2F)cc1. The van der Waals surface area contributed by atoms with Gasteiger partial charge in [0.05, 0.1) is 29.9 Å². The lowest BCUT2D eigenvalue weighted by molar-refractivity contribution is 0.0696. The number of carbonyl (C=O) groups excluding carboxylic acids is 1. The number of carboxylic acid groups (broad SMARTS) is 1. The highest BCUT2D eigenvalue weighted by molar-refractivity contribution is 5.94. The van der Waals surface area contributed by atoms with Crippen LogP contribution in [0, 0.1) is 47.2 Å². The van der Waals surface area contributed by atoms with Crippen molar-refractivity contribution >= 4 is 11.9 Å². The van der Waals surface area contributed by atoms with E-state index in [-0.39, 0.29) is 23.1 Å². The van der Waals surface area contributed by atoms with E-state index in [1.165, 1.54) is 24.3 Å². The first-order valence-electron chi connectivity index (χ1n) is 15.9. The number of amides is 1. The van der Waals surface area contributed by atoms with E-state index in [4.69, 9.17) is 20.3 Å². The molecule has 0 saturated carbocycles. The summed E-state index contributed by atoms with van der Waals surface area (Å²) >= 11 is 0. The van der Waals surface area contributed by atoms with Crippen LogP contribution in [0.1, 0.15) is 55.8 Å². The second-order valence-corrected chi connectivity index (χ2v) is 11.3. The summed E-state index contributed by atoms with van der Waals surface area (Å²) in [7, 11) is 0. The van der Waals surface area contributed by atoms with Crippen LogP contribution in [0.3, 0.4) is 0 Å². The van der Waals surface area contributed by atoms with Gasteiger partial charge in [-0.3, -0.25) is 4.79 Å². The molecule has 2 aliphatic rings. The molecule has 7 nitrogen and oxygen atoms in total. The van der Waals surface area contributed by atoms with Crippen LogP contribution < -0.4 is 11.1 Å². The summed E-state index contributed by atoms with van der Waals surface area (Å²) in [6.45, 7) is 4.72. The van der Waals surface area contributed by atoms with Gasteiger partial charge in [-0.2, -0.15) is 0 Å². The van der Waals surface area contributed by atoms with Gasteiger partial charge in [-0.25, -0.2) is 13.6 Å². The van der Waals surface area contributed by atoms with Gasteiger partial charge in [-0.15, -0.1) is 0 Å². The number of aromatic carboxylic acids is 1. The Kier molecular flexibility index (Phi) is 14.5. The summed E-state index contributed by atoms with van der Waals surface area (Å²) in [6.07, 6.45) is 2.15. The number of rotatable bonds is 5. The van der Waals surface area contributed by atoms with Gasteiger partial charge in [-0.05, 0) is 98.1 Å². The van der Waals surface area contributed by atoms with Gasteiger partial charge < -0.3 is 25.6 Å². The summed E-state index contributed by atoms with van der Waals surface area (Å²) in [5.74, 6) is 10.5. The van der Waals surface area contributed by atoms with Gasteiger partial charge in [0.15, 0.2) is 0 Å². The smallest absolute Gasteiger partial charge is 0.335 e. The standard InChI is InChI=1S/C20H18FNO2.C15H9FO2.C5H11NO/c21-19-4-2-1-3-17(19)8-5-15-6-9-18(10-7-15)20(23)22-13-16-11-12-24-14-16;16-14-4-2-1-3-12(14)8-5-11-6-9-13(10-7-11)15(17)18;6-3-5-1-2-7-4-5/h1-4,6-7,9-10,16H,11-14H2,(H,22,23);1-4,6-7,9-10H,(H,17,18);5H,1-4,6H2/t16-;;5-/m0.0/s1.